The molecule has 2 fully saturated rings. The lowest BCUT2D eigenvalue weighted by molar-refractivity contribution is -0.140. The Kier molecular flexibility index (Phi) is 3.06. The molecule has 3 aliphatic rings. The van der Waals surface area contributed by atoms with Crippen molar-refractivity contribution in [3.8, 4) is 0 Å². The summed E-state index contributed by atoms with van der Waals surface area (Å²) in [4.78, 5) is 26.0. The highest BCUT2D eigenvalue weighted by molar-refractivity contribution is 6.47. The first kappa shape index (κ1) is 11.7. The topological polar surface area (TPSA) is 37.4 Å². The maximum absolute atomic E-state index is 12.2. The van der Waals surface area contributed by atoms with Crippen LogP contribution in [0.4, 0.5) is 0 Å². The summed E-state index contributed by atoms with van der Waals surface area (Å²) < 4.78 is 0. The molecule has 1 saturated heterocycles. The lowest BCUT2D eigenvalue weighted by atomic mass is 10.0. The van der Waals surface area contributed by atoms with Crippen LogP contribution in [0.5, 0.6) is 0 Å². The van der Waals surface area contributed by atoms with E-state index in [0.29, 0.717) is 5.57 Å². The molecule has 0 N–H and O–H groups in total. The molecule has 1 heterocycles. The molecule has 0 aromatic carbocycles. The van der Waals surface area contributed by atoms with Crippen molar-refractivity contribution in [2.24, 2.45) is 0 Å². The third-order valence-electron chi connectivity index (χ3n) is 4.24. The molecule has 3 rings (SSSR count). The zero-order valence-corrected chi connectivity index (χ0v) is 10.7. The molecule has 3 heteroatoms. The summed E-state index contributed by atoms with van der Waals surface area (Å²) in [6.07, 6.45) is 12.8. The first-order chi connectivity index (χ1) is 8.79. The number of Topliss-reactive ketones (excluding diaryl/α,β-unsaturated/α-hetero) is 1. The van der Waals surface area contributed by atoms with Crippen LogP contribution >= 0.6 is 0 Å². The van der Waals surface area contributed by atoms with Gasteiger partial charge in [0.15, 0.2) is 0 Å². The summed E-state index contributed by atoms with van der Waals surface area (Å²) in [6, 6.07) is 0.249. The van der Waals surface area contributed by atoms with Crippen molar-refractivity contribution >= 4 is 11.7 Å². The minimum Gasteiger partial charge on any atom is -0.302 e. The number of rotatable bonds is 1. The average Bonchev–Trinajstić information content (AvgIpc) is 2.61. The number of fused-ring (bicyclic) bond motifs is 1. The van der Waals surface area contributed by atoms with E-state index in [9.17, 15) is 9.59 Å². The molecule has 2 aliphatic carbocycles. The minimum absolute atomic E-state index is 0.249. The Labute approximate surface area is 108 Å². The van der Waals surface area contributed by atoms with Gasteiger partial charge in [0.25, 0.3) is 11.7 Å². The molecule has 0 bridgehead atoms. The number of nitrogens with zero attached hydrogens (tertiary/aromatic N) is 1. The smallest absolute Gasteiger partial charge is 0.299 e. The summed E-state index contributed by atoms with van der Waals surface area (Å²) in [6.45, 7) is 0. The number of hydrogen-bond acceptors (Lipinski definition) is 2. The normalized spacial score (nSPS) is 25.7. The summed E-state index contributed by atoms with van der Waals surface area (Å²) in [5.41, 5.74) is 1.57. The molecule has 1 aliphatic heterocycles. The van der Waals surface area contributed by atoms with E-state index in [1.807, 2.05) is 6.08 Å². The van der Waals surface area contributed by atoms with Crippen LogP contribution in [0, 0.1) is 0 Å². The zero-order chi connectivity index (χ0) is 12.5. The van der Waals surface area contributed by atoms with Crippen molar-refractivity contribution in [3.05, 3.63) is 23.4 Å². The highest BCUT2D eigenvalue weighted by Gasteiger charge is 2.42. The van der Waals surface area contributed by atoms with Gasteiger partial charge in [0, 0.05) is 11.6 Å². The first-order valence-corrected chi connectivity index (χ1v) is 7.07. The molecule has 0 spiro atoms. The van der Waals surface area contributed by atoms with E-state index < -0.39 is 0 Å². The Bertz CT molecular complexity index is 439. The molecule has 1 amide bonds. The second kappa shape index (κ2) is 4.71. The fraction of sp³-hybridized carbons (Fsp3) is 0.600. The van der Waals surface area contributed by atoms with E-state index >= 15 is 0 Å². The van der Waals surface area contributed by atoms with Crippen molar-refractivity contribution in [1.29, 1.82) is 0 Å². The second-order valence-electron chi connectivity index (χ2n) is 5.43. The van der Waals surface area contributed by atoms with Gasteiger partial charge in [0.1, 0.15) is 0 Å². The minimum atomic E-state index is -0.290. The van der Waals surface area contributed by atoms with Gasteiger partial charge in [-0.2, -0.15) is 0 Å². The Morgan fingerprint density at radius 2 is 1.61 bits per heavy atom. The van der Waals surface area contributed by atoms with Gasteiger partial charge in [-0.1, -0.05) is 37.8 Å². The maximum atomic E-state index is 12.2. The predicted molar refractivity (Wildman–Crippen MR) is 68.7 cm³/mol. The van der Waals surface area contributed by atoms with Crippen molar-refractivity contribution in [2.45, 2.75) is 57.4 Å². The predicted octanol–water partition coefficient (Wildman–Crippen LogP) is 2.72. The number of carbonyl (C=O) groups excluding carboxylic acids is 2. The molecule has 3 nitrogen and oxygen atoms in total. The molecule has 18 heavy (non-hydrogen) atoms. The molecule has 0 radical (unpaired) electrons. The van der Waals surface area contributed by atoms with Gasteiger partial charge in [0.05, 0.1) is 5.70 Å². The van der Waals surface area contributed by atoms with Crippen molar-refractivity contribution < 1.29 is 9.59 Å². The Morgan fingerprint density at radius 1 is 0.944 bits per heavy atom. The van der Waals surface area contributed by atoms with Crippen molar-refractivity contribution in [3.63, 3.8) is 0 Å². The Hall–Kier alpha value is -1.38. The zero-order valence-electron chi connectivity index (χ0n) is 10.7. The van der Waals surface area contributed by atoms with Gasteiger partial charge >= 0.3 is 0 Å². The van der Waals surface area contributed by atoms with Crippen molar-refractivity contribution in [2.75, 3.05) is 0 Å². The molecule has 0 aromatic rings. The fourth-order valence-electron chi connectivity index (χ4n) is 3.31. The van der Waals surface area contributed by atoms with Gasteiger partial charge in [0.2, 0.25) is 0 Å². The van der Waals surface area contributed by atoms with Crippen LogP contribution in [0.3, 0.4) is 0 Å². The summed E-state index contributed by atoms with van der Waals surface area (Å²) in [5.74, 6) is -0.577. The van der Waals surface area contributed by atoms with Gasteiger partial charge in [-0.25, -0.2) is 0 Å². The van der Waals surface area contributed by atoms with E-state index in [1.165, 1.54) is 25.7 Å². The number of likely N-dealkylation sites (tertiary alicyclic amines) is 1. The number of hydrogen-bond donors (Lipinski definition) is 0. The van der Waals surface area contributed by atoms with E-state index in [2.05, 4.69) is 6.08 Å². The molecule has 0 aromatic heterocycles. The van der Waals surface area contributed by atoms with Crippen LogP contribution in [0.1, 0.15) is 51.4 Å². The largest absolute Gasteiger partial charge is 0.302 e. The lowest BCUT2D eigenvalue weighted by Crippen LogP contribution is -2.36. The SMILES string of the molecule is O=C1C(=O)N(C2CCCCCC2)C2=CCCC=C12. The second-order valence-corrected chi connectivity index (χ2v) is 5.43. The van der Waals surface area contributed by atoms with Gasteiger partial charge < -0.3 is 4.90 Å². The third-order valence-corrected chi connectivity index (χ3v) is 4.24. The quantitative estimate of drug-likeness (QED) is 0.526. The number of allylic oxidation sites excluding steroid dienone is 3. The highest BCUT2D eigenvalue weighted by atomic mass is 16.2. The van der Waals surface area contributed by atoms with Crippen LogP contribution < -0.4 is 0 Å². The first-order valence-electron chi connectivity index (χ1n) is 7.07. The van der Waals surface area contributed by atoms with Crippen LogP contribution in [0.2, 0.25) is 0 Å². The van der Waals surface area contributed by atoms with E-state index in [1.54, 1.807) is 4.90 Å². The van der Waals surface area contributed by atoms with Crippen LogP contribution in [0.25, 0.3) is 0 Å². The number of amides is 1. The summed E-state index contributed by atoms with van der Waals surface area (Å²) in [5, 5.41) is 0. The highest BCUT2D eigenvalue weighted by Crippen LogP contribution is 2.35. The molecule has 96 valence electrons. The van der Waals surface area contributed by atoms with Gasteiger partial charge in [-0.3, -0.25) is 9.59 Å². The molecule has 1 saturated carbocycles. The monoisotopic (exact) mass is 245 g/mol. The standard InChI is InChI=1S/C15H19NO2/c17-14-12-9-5-6-10-13(12)16(15(14)18)11-7-3-1-2-4-8-11/h9-11H,1-8H2. The van der Waals surface area contributed by atoms with Gasteiger partial charge in [-0.15, -0.1) is 0 Å². The summed E-state index contributed by atoms with van der Waals surface area (Å²) >= 11 is 0. The molecule has 0 unspecified atom stereocenters. The maximum Gasteiger partial charge on any atom is 0.299 e. The van der Waals surface area contributed by atoms with Crippen LogP contribution in [-0.2, 0) is 9.59 Å². The fourth-order valence-corrected chi connectivity index (χ4v) is 3.31. The van der Waals surface area contributed by atoms with E-state index in [4.69, 9.17) is 0 Å². The third kappa shape index (κ3) is 1.82. The lowest BCUT2D eigenvalue weighted by Gasteiger charge is -2.28. The number of ketones is 1. The Morgan fingerprint density at radius 3 is 2.33 bits per heavy atom. The molecule has 0 atom stereocenters. The number of carbonyl (C=O) groups is 2. The van der Waals surface area contributed by atoms with Crippen molar-refractivity contribution in [1.82, 2.24) is 4.90 Å². The van der Waals surface area contributed by atoms with Crippen LogP contribution in [-0.4, -0.2) is 22.6 Å². The summed E-state index contributed by atoms with van der Waals surface area (Å²) in [7, 11) is 0. The average molecular weight is 245 g/mol. The van der Waals surface area contributed by atoms with E-state index in [-0.39, 0.29) is 17.7 Å². The van der Waals surface area contributed by atoms with Crippen LogP contribution in [0.15, 0.2) is 23.4 Å². The van der Waals surface area contributed by atoms with Gasteiger partial charge in [-0.05, 0) is 25.7 Å². The Balaban J connectivity index is 1.90. The van der Waals surface area contributed by atoms with E-state index in [0.717, 1.165) is 31.4 Å². The molecular weight excluding hydrogens is 226 g/mol. The molecular formula is C15H19NO2.